The molecule has 2 heterocycles. The molecule has 0 radical (unpaired) electrons. The Bertz CT molecular complexity index is 699. The Balaban J connectivity index is 2.05. The maximum atomic E-state index is 6.42. The van der Waals surface area contributed by atoms with Crippen molar-refractivity contribution in [3.63, 3.8) is 0 Å². The zero-order chi connectivity index (χ0) is 16.4. The minimum atomic E-state index is 0.543. The van der Waals surface area contributed by atoms with Crippen LogP contribution in [0.4, 0.5) is 0 Å². The van der Waals surface area contributed by atoms with E-state index in [9.17, 15) is 0 Å². The molecule has 1 aromatic carbocycles. The Labute approximate surface area is 141 Å². The van der Waals surface area contributed by atoms with Gasteiger partial charge < -0.3 is 14.4 Å². The van der Waals surface area contributed by atoms with Gasteiger partial charge in [-0.15, -0.1) is 0 Å². The number of hydrogen-bond donors (Lipinski definition) is 1. The molecule has 0 saturated carbocycles. The Hall–Kier alpha value is -1.72. The standard InChI is InChI=1S/C17H22ClN3O2/c1-4-22-15-9-11(8-13(18)17(15)23-5-2)16-12-10-21(3)7-6-14(12)19-20-16/h8-9H,4-7,10H2,1-3H3,(H,19,20). The Morgan fingerprint density at radius 2 is 2.04 bits per heavy atom. The second kappa shape index (κ2) is 6.81. The molecule has 0 atom stereocenters. The van der Waals surface area contributed by atoms with Gasteiger partial charge >= 0.3 is 0 Å². The van der Waals surface area contributed by atoms with E-state index < -0.39 is 0 Å². The monoisotopic (exact) mass is 335 g/mol. The summed E-state index contributed by atoms with van der Waals surface area (Å²) in [5.74, 6) is 1.26. The van der Waals surface area contributed by atoms with Crippen molar-refractivity contribution in [1.29, 1.82) is 0 Å². The zero-order valence-electron chi connectivity index (χ0n) is 13.8. The number of halogens is 1. The van der Waals surface area contributed by atoms with Crippen LogP contribution >= 0.6 is 11.6 Å². The Morgan fingerprint density at radius 1 is 1.26 bits per heavy atom. The molecule has 3 rings (SSSR count). The van der Waals surface area contributed by atoms with E-state index in [4.69, 9.17) is 21.1 Å². The summed E-state index contributed by atoms with van der Waals surface area (Å²) in [5, 5.41) is 8.23. The van der Waals surface area contributed by atoms with Crippen molar-refractivity contribution in [3.8, 4) is 22.8 Å². The highest BCUT2D eigenvalue weighted by Crippen LogP contribution is 2.40. The van der Waals surface area contributed by atoms with Crippen LogP contribution in [0.2, 0.25) is 5.02 Å². The van der Waals surface area contributed by atoms with E-state index in [0.29, 0.717) is 29.7 Å². The van der Waals surface area contributed by atoms with Crippen molar-refractivity contribution in [2.45, 2.75) is 26.8 Å². The van der Waals surface area contributed by atoms with E-state index >= 15 is 0 Å². The van der Waals surface area contributed by atoms with Crippen molar-refractivity contribution in [2.75, 3.05) is 26.8 Å². The summed E-state index contributed by atoms with van der Waals surface area (Å²) in [4.78, 5) is 2.29. The van der Waals surface area contributed by atoms with Gasteiger partial charge in [-0.3, -0.25) is 5.10 Å². The summed E-state index contributed by atoms with van der Waals surface area (Å²) >= 11 is 6.42. The van der Waals surface area contributed by atoms with Gasteiger partial charge in [0.1, 0.15) is 0 Å². The van der Waals surface area contributed by atoms with Crippen molar-refractivity contribution < 1.29 is 9.47 Å². The number of fused-ring (bicyclic) bond motifs is 1. The van der Waals surface area contributed by atoms with Crippen LogP contribution in [0.3, 0.4) is 0 Å². The number of benzene rings is 1. The average molecular weight is 336 g/mol. The largest absolute Gasteiger partial charge is 0.490 e. The van der Waals surface area contributed by atoms with E-state index in [1.807, 2.05) is 26.0 Å². The summed E-state index contributed by atoms with van der Waals surface area (Å²) in [5.41, 5.74) is 4.34. The molecular weight excluding hydrogens is 314 g/mol. The molecule has 0 spiro atoms. The van der Waals surface area contributed by atoms with Gasteiger partial charge in [0.2, 0.25) is 0 Å². The van der Waals surface area contributed by atoms with Gasteiger partial charge in [0, 0.05) is 36.3 Å². The van der Waals surface area contributed by atoms with E-state index in [-0.39, 0.29) is 0 Å². The molecule has 0 saturated heterocycles. The van der Waals surface area contributed by atoms with Gasteiger partial charge in [-0.05, 0) is 33.0 Å². The van der Waals surface area contributed by atoms with Crippen molar-refractivity contribution in [3.05, 3.63) is 28.4 Å². The SMILES string of the molecule is CCOc1cc(-c2n[nH]c3c2CN(C)CC3)cc(Cl)c1OCC. The Morgan fingerprint density at radius 3 is 2.78 bits per heavy atom. The lowest BCUT2D eigenvalue weighted by atomic mass is 10.0. The van der Waals surface area contributed by atoms with Crippen LogP contribution < -0.4 is 9.47 Å². The molecule has 0 unspecified atom stereocenters. The summed E-state index contributed by atoms with van der Waals surface area (Å²) in [6, 6.07) is 3.87. The first-order valence-electron chi connectivity index (χ1n) is 7.98. The summed E-state index contributed by atoms with van der Waals surface area (Å²) in [6.07, 6.45) is 0.988. The van der Waals surface area contributed by atoms with Gasteiger partial charge in [0.05, 0.1) is 23.9 Å². The summed E-state index contributed by atoms with van der Waals surface area (Å²) in [6.45, 7) is 6.91. The number of aromatic nitrogens is 2. The van der Waals surface area contributed by atoms with E-state index in [1.54, 1.807) is 0 Å². The highest BCUT2D eigenvalue weighted by molar-refractivity contribution is 6.32. The average Bonchev–Trinajstić information content (AvgIpc) is 2.93. The number of nitrogens with one attached hydrogen (secondary N) is 1. The lowest BCUT2D eigenvalue weighted by Gasteiger charge is -2.22. The maximum absolute atomic E-state index is 6.42. The Kier molecular flexibility index (Phi) is 4.78. The highest BCUT2D eigenvalue weighted by atomic mass is 35.5. The minimum absolute atomic E-state index is 0.543. The number of rotatable bonds is 5. The first-order valence-corrected chi connectivity index (χ1v) is 8.36. The van der Waals surface area contributed by atoms with Crippen LogP contribution in [0, 0.1) is 0 Å². The normalized spacial score (nSPS) is 14.6. The van der Waals surface area contributed by atoms with Crippen LogP contribution in [0.1, 0.15) is 25.1 Å². The first kappa shape index (κ1) is 16.1. The number of hydrogen-bond acceptors (Lipinski definition) is 4. The maximum Gasteiger partial charge on any atom is 0.179 e. The molecule has 23 heavy (non-hydrogen) atoms. The van der Waals surface area contributed by atoms with Crippen LogP contribution in [0.15, 0.2) is 12.1 Å². The number of aromatic amines is 1. The first-order chi connectivity index (χ1) is 11.1. The third kappa shape index (κ3) is 3.16. The molecule has 1 aliphatic heterocycles. The second-order valence-corrected chi connectivity index (χ2v) is 6.08. The number of ether oxygens (including phenoxy) is 2. The second-order valence-electron chi connectivity index (χ2n) is 5.67. The van der Waals surface area contributed by atoms with Crippen LogP contribution in [-0.4, -0.2) is 41.9 Å². The van der Waals surface area contributed by atoms with Crippen molar-refractivity contribution in [2.24, 2.45) is 0 Å². The molecule has 1 aliphatic rings. The van der Waals surface area contributed by atoms with Crippen molar-refractivity contribution >= 4 is 11.6 Å². The van der Waals surface area contributed by atoms with Gasteiger partial charge in [0.15, 0.2) is 11.5 Å². The van der Waals surface area contributed by atoms with E-state index in [2.05, 4.69) is 22.1 Å². The minimum Gasteiger partial charge on any atom is -0.490 e. The van der Waals surface area contributed by atoms with Gasteiger partial charge in [0.25, 0.3) is 0 Å². The lowest BCUT2D eigenvalue weighted by molar-refractivity contribution is 0.288. The lowest BCUT2D eigenvalue weighted by Crippen LogP contribution is -2.26. The summed E-state index contributed by atoms with van der Waals surface area (Å²) in [7, 11) is 2.12. The molecule has 1 N–H and O–H groups in total. The van der Waals surface area contributed by atoms with Crippen LogP contribution in [-0.2, 0) is 13.0 Å². The van der Waals surface area contributed by atoms with Gasteiger partial charge in [-0.1, -0.05) is 11.6 Å². The molecule has 6 heteroatoms. The predicted octanol–water partition coefficient (Wildman–Crippen LogP) is 3.52. The highest BCUT2D eigenvalue weighted by Gasteiger charge is 2.22. The van der Waals surface area contributed by atoms with Crippen molar-refractivity contribution in [1.82, 2.24) is 15.1 Å². The summed E-state index contributed by atoms with van der Waals surface area (Å²) < 4.78 is 11.3. The van der Waals surface area contributed by atoms with E-state index in [1.165, 1.54) is 11.3 Å². The van der Waals surface area contributed by atoms with Crippen LogP contribution in [0.5, 0.6) is 11.5 Å². The zero-order valence-corrected chi connectivity index (χ0v) is 14.5. The fourth-order valence-corrected chi connectivity index (χ4v) is 3.19. The third-order valence-corrected chi connectivity index (χ3v) is 4.28. The smallest absolute Gasteiger partial charge is 0.179 e. The molecule has 124 valence electrons. The number of nitrogens with zero attached hydrogens (tertiary/aromatic N) is 2. The molecule has 0 bridgehead atoms. The van der Waals surface area contributed by atoms with Crippen LogP contribution in [0.25, 0.3) is 11.3 Å². The topological polar surface area (TPSA) is 50.4 Å². The molecule has 2 aromatic rings. The quantitative estimate of drug-likeness (QED) is 0.908. The molecular formula is C17H22ClN3O2. The van der Waals surface area contributed by atoms with Gasteiger partial charge in [-0.25, -0.2) is 0 Å². The predicted molar refractivity (Wildman–Crippen MR) is 91.4 cm³/mol. The van der Waals surface area contributed by atoms with E-state index in [0.717, 1.165) is 30.8 Å². The van der Waals surface area contributed by atoms with Gasteiger partial charge in [-0.2, -0.15) is 5.10 Å². The number of H-pyrrole nitrogens is 1. The fraction of sp³-hybridized carbons (Fsp3) is 0.471. The molecule has 0 aliphatic carbocycles. The third-order valence-electron chi connectivity index (χ3n) is 4.00. The number of likely N-dealkylation sites (N-methyl/N-ethyl adjacent to an activating group) is 1. The molecule has 5 nitrogen and oxygen atoms in total. The fourth-order valence-electron chi connectivity index (χ4n) is 2.92. The molecule has 1 aromatic heterocycles. The molecule has 0 fully saturated rings. The molecule has 0 amide bonds.